The highest BCUT2D eigenvalue weighted by molar-refractivity contribution is 7.80. The van der Waals surface area contributed by atoms with Gasteiger partial charge < -0.3 is 10.6 Å². The van der Waals surface area contributed by atoms with Crippen LogP contribution in [0.5, 0.6) is 0 Å². The molecule has 3 aromatic rings. The number of hydrogen-bond donors (Lipinski definition) is 3. The van der Waals surface area contributed by atoms with Crippen molar-refractivity contribution in [2.24, 2.45) is 0 Å². The summed E-state index contributed by atoms with van der Waals surface area (Å²) < 4.78 is 0. The molecule has 0 saturated carbocycles. The van der Waals surface area contributed by atoms with Crippen molar-refractivity contribution in [1.82, 2.24) is 5.32 Å². The number of amides is 2. The topological polar surface area (TPSA) is 70.2 Å². The van der Waals surface area contributed by atoms with E-state index in [2.05, 4.69) is 16.0 Å². The Morgan fingerprint density at radius 3 is 2.07 bits per heavy atom. The van der Waals surface area contributed by atoms with Gasteiger partial charge in [-0.05, 0) is 72.2 Å². The summed E-state index contributed by atoms with van der Waals surface area (Å²) in [6.07, 6.45) is 0. The number of hydrogen-bond acceptors (Lipinski definition) is 4. The highest BCUT2D eigenvalue weighted by Crippen LogP contribution is 2.16. The molecule has 0 unspecified atom stereocenters. The number of thiophene rings is 1. The zero-order valence-electron chi connectivity index (χ0n) is 13.9. The van der Waals surface area contributed by atoms with Gasteiger partial charge in [0.05, 0.1) is 4.88 Å². The van der Waals surface area contributed by atoms with Gasteiger partial charge in [0.1, 0.15) is 0 Å². The lowest BCUT2D eigenvalue weighted by Gasteiger charge is -2.10. The maximum atomic E-state index is 12.1. The van der Waals surface area contributed by atoms with Crippen LogP contribution in [0.2, 0.25) is 5.02 Å². The van der Waals surface area contributed by atoms with Crippen LogP contribution in [0.1, 0.15) is 20.0 Å². The summed E-state index contributed by atoms with van der Waals surface area (Å²) in [5, 5.41) is 10.9. The van der Waals surface area contributed by atoms with Gasteiger partial charge >= 0.3 is 0 Å². The number of thiocarbonyl (C=S) groups is 1. The molecular formula is C19H14ClN3O2S2. The first-order chi connectivity index (χ1) is 13.0. The summed E-state index contributed by atoms with van der Waals surface area (Å²) in [6.45, 7) is 0. The largest absolute Gasteiger partial charge is 0.332 e. The molecule has 8 heteroatoms. The Balaban J connectivity index is 1.54. The molecule has 136 valence electrons. The minimum Gasteiger partial charge on any atom is -0.332 e. The fourth-order valence-corrected chi connectivity index (χ4v) is 3.13. The highest BCUT2D eigenvalue weighted by Gasteiger charge is 2.09. The van der Waals surface area contributed by atoms with Crippen LogP contribution in [0.3, 0.4) is 0 Å². The van der Waals surface area contributed by atoms with Gasteiger partial charge in [0, 0.05) is 22.0 Å². The Morgan fingerprint density at radius 1 is 0.852 bits per heavy atom. The fraction of sp³-hybridized carbons (Fsp3) is 0. The zero-order valence-corrected chi connectivity index (χ0v) is 16.3. The van der Waals surface area contributed by atoms with Gasteiger partial charge in [0.2, 0.25) is 0 Å². The molecule has 1 aromatic heterocycles. The van der Waals surface area contributed by atoms with Gasteiger partial charge in [-0.25, -0.2) is 0 Å². The Bertz CT molecular complexity index is 956. The van der Waals surface area contributed by atoms with Gasteiger partial charge in [-0.3, -0.25) is 14.9 Å². The molecule has 1 heterocycles. The van der Waals surface area contributed by atoms with E-state index in [1.165, 1.54) is 11.3 Å². The summed E-state index contributed by atoms with van der Waals surface area (Å²) in [4.78, 5) is 24.8. The molecule has 0 aliphatic carbocycles. The Morgan fingerprint density at radius 2 is 1.48 bits per heavy atom. The third kappa shape index (κ3) is 5.37. The van der Waals surface area contributed by atoms with Crippen LogP contribution in [-0.4, -0.2) is 16.9 Å². The summed E-state index contributed by atoms with van der Waals surface area (Å²) in [5.74, 6) is -0.486. The van der Waals surface area contributed by atoms with E-state index in [0.29, 0.717) is 26.8 Å². The van der Waals surface area contributed by atoms with E-state index in [0.717, 1.165) is 0 Å². The van der Waals surface area contributed by atoms with Gasteiger partial charge in [-0.2, -0.15) is 0 Å². The lowest BCUT2D eigenvalue weighted by molar-refractivity contribution is 0.0976. The van der Waals surface area contributed by atoms with Crippen LogP contribution in [0.25, 0.3) is 0 Å². The van der Waals surface area contributed by atoms with E-state index in [-0.39, 0.29) is 16.9 Å². The molecule has 5 nitrogen and oxygen atoms in total. The smallest absolute Gasteiger partial charge is 0.265 e. The molecular weight excluding hydrogens is 402 g/mol. The molecule has 3 rings (SSSR count). The van der Waals surface area contributed by atoms with Gasteiger partial charge in [0.15, 0.2) is 5.11 Å². The molecule has 27 heavy (non-hydrogen) atoms. The van der Waals surface area contributed by atoms with Gasteiger partial charge in [-0.15, -0.1) is 11.3 Å². The highest BCUT2D eigenvalue weighted by atomic mass is 35.5. The maximum absolute atomic E-state index is 12.1. The van der Waals surface area contributed by atoms with E-state index < -0.39 is 0 Å². The molecule has 0 bridgehead atoms. The minimum atomic E-state index is -0.330. The number of rotatable bonds is 4. The van der Waals surface area contributed by atoms with Crippen molar-refractivity contribution in [2.45, 2.75) is 0 Å². The van der Waals surface area contributed by atoms with Crippen molar-refractivity contribution in [3.05, 3.63) is 81.5 Å². The molecule has 0 spiro atoms. The number of benzene rings is 2. The van der Waals surface area contributed by atoms with E-state index in [9.17, 15) is 9.59 Å². The van der Waals surface area contributed by atoms with Crippen molar-refractivity contribution in [1.29, 1.82) is 0 Å². The maximum Gasteiger partial charge on any atom is 0.265 e. The molecule has 2 amide bonds. The van der Waals surface area contributed by atoms with E-state index in [1.807, 2.05) is 11.4 Å². The Labute approximate surface area is 170 Å². The van der Waals surface area contributed by atoms with Crippen LogP contribution in [0, 0.1) is 0 Å². The van der Waals surface area contributed by atoms with Crippen molar-refractivity contribution in [2.75, 3.05) is 10.6 Å². The molecule has 0 aliphatic heterocycles. The molecule has 0 saturated heterocycles. The number of anilines is 2. The number of carbonyl (C=O) groups is 2. The number of halogens is 1. The lowest BCUT2D eigenvalue weighted by atomic mass is 10.2. The van der Waals surface area contributed by atoms with E-state index >= 15 is 0 Å². The van der Waals surface area contributed by atoms with Crippen LogP contribution in [-0.2, 0) is 0 Å². The summed E-state index contributed by atoms with van der Waals surface area (Å²) in [7, 11) is 0. The summed E-state index contributed by atoms with van der Waals surface area (Å²) >= 11 is 12.3. The van der Waals surface area contributed by atoms with Gasteiger partial charge in [0.25, 0.3) is 11.8 Å². The predicted octanol–water partition coefficient (Wildman–Crippen LogP) is 4.78. The third-order valence-corrected chi connectivity index (χ3v) is 4.80. The molecule has 2 aromatic carbocycles. The standard InChI is InChI=1S/C19H14ClN3O2S2/c20-13-5-3-12(4-6-13)17(24)23-19(26)22-15-9-7-14(8-10-15)21-18(25)16-2-1-11-27-16/h1-11H,(H,21,25)(H2,22,23,24,26). The molecule has 3 N–H and O–H groups in total. The minimum absolute atomic E-state index is 0.156. The Kier molecular flexibility index (Phi) is 6.18. The fourth-order valence-electron chi connectivity index (χ4n) is 2.18. The monoisotopic (exact) mass is 415 g/mol. The lowest BCUT2D eigenvalue weighted by Crippen LogP contribution is -2.34. The second kappa shape index (κ2) is 8.77. The predicted molar refractivity (Wildman–Crippen MR) is 114 cm³/mol. The number of nitrogens with one attached hydrogen (secondary N) is 3. The molecule has 0 fully saturated rings. The van der Waals surface area contributed by atoms with Crippen molar-refractivity contribution < 1.29 is 9.59 Å². The first kappa shape index (κ1) is 19.0. The van der Waals surface area contributed by atoms with E-state index in [1.54, 1.807) is 54.6 Å². The van der Waals surface area contributed by atoms with Crippen LogP contribution >= 0.6 is 35.2 Å². The second-order valence-electron chi connectivity index (χ2n) is 5.42. The average molecular weight is 416 g/mol. The molecule has 0 atom stereocenters. The first-order valence-electron chi connectivity index (χ1n) is 7.84. The second-order valence-corrected chi connectivity index (χ2v) is 7.22. The van der Waals surface area contributed by atoms with Gasteiger partial charge in [-0.1, -0.05) is 17.7 Å². The van der Waals surface area contributed by atoms with E-state index in [4.69, 9.17) is 23.8 Å². The summed E-state index contributed by atoms with van der Waals surface area (Å²) in [5.41, 5.74) is 1.80. The van der Waals surface area contributed by atoms with Crippen molar-refractivity contribution in [3.63, 3.8) is 0 Å². The first-order valence-corrected chi connectivity index (χ1v) is 9.51. The normalized spacial score (nSPS) is 10.1. The Hall–Kier alpha value is -2.74. The van der Waals surface area contributed by atoms with Crippen LogP contribution < -0.4 is 16.0 Å². The van der Waals surface area contributed by atoms with Crippen LogP contribution in [0.15, 0.2) is 66.0 Å². The average Bonchev–Trinajstić information content (AvgIpc) is 3.18. The summed E-state index contributed by atoms with van der Waals surface area (Å²) in [6, 6.07) is 17.1. The van der Waals surface area contributed by atoms with Crippen molar-refractivity contribution in [3.8, 4) is 0 Å². The molecule has 0 aliphatic rings. The van der Waals surface area contributed by atoms with Crippen molar-refractivity contribution >= 4 is 63.5 Å². The third-order valence-electron chi connectivity index (χ3n) is 3.48. The number of carbonyl (C=O) groups excluding carboxylic acids is 2. The molecule has 0 radical (unpaired) electrons. The quantitative estimate of drug-likeness (QED) is 0.536. The van der Waals surface area contributed by atoms with Crippen LogP contribution in [0.4, 0.5) is 11.4 Å². The zero-order chi connectivity index (χ0) is 19.2. The SMILES string of the molecule is O=C(NC(=S)Nc1ccc(NC(=O)c2cccs2)cc1)c1ccc(Cl)cc1.